The normalized spacial score (nSPS) is 12.8. The summed E-state index contributed by atoms with van der Waals surface area (Å²) in [6.07, 6.45) is 4.67. The van der Waals surface area contributed by atoms with Gasteiger partial charge in [0, 0.05) is 23.8 Å². The van der Waals surface area contributed by atoms with Gasteiger partial charge in [-0.05, 0) is 30.2 Å². The van der Waals surface area contributed by atoms with E-state index in [0.717, 1.165) is 49.3 Å². The number of amides is 1. The van der Waals surface area contributed by atoms with Crippen LogP contribution in [0.1, 0.15) is 38.2 Å². The van der Waals surface area contributed by atoms with Gasteiger partial charge in [0.15, 0.2) is 5.13 Å². The first-order valence-electron chi connectivity index (χ1n) is 7.77. The molecule has 2 heterocycles. The van der Waals surface area contributed by atoms with Gasteiger partial charge in [-0.1, -0.05) is 19.8 Å². The molecule has 1 aliphatic rings. The number of nitrogens with zero attached hydrogens (tertiary/aromatic N) is 1. The Balaban J connectivity index is 1.65. The Morgan fingerprint density at radius 3 is 3.18 bits per heavy atom. The van der Waals surface area contributed by atoms with Crippen molar-refractivity contribution in [2.45, 2.75) is 39.0 Å². The van der Waals surface area contributed by atoms with E-state index in [9.17, 15) is 4.79 Å². The number of thiazole rings is 1. The predicted molar refractivity (Wildman–Crippen MR) is 89.5 cm³/mol. The van der Waals surface area contributed by atoms with Gasteiger partial charge in [0.1, 0.15) is 5.75 Å². The molecule has 116 valence electrons. The highest BCUT2D eigenvalue weighted by atomic mass is 32.1. The average Bonchev–Trinajstić information content (AvgIpc) is 3.15. The van der Waals surface area contributed by atoms with E-state index < -0.39 is 0 Å². The van der Waals surface area contributed by atoms with Gasteiger partial charge in [0.05, 0.1) is 12.3 Å². The third kappa shape index (κ3) is 3.47. The van der Waals surface area contributed by atoms with Crippen molar-refractivity contribution in [1.82, 2.24) is 4.98 Å². The third-order valence-corrected chi connectivity index (χ3v) is 4.50. The van der Waals surface area contributed by atoms with Gasteiger partial charge in [0.2, 0.25) is 5.91 Å². The van der Waals surface area contributed by atoms with Crippen molar-refractivity contribution in [3.63, 3.8) is 0 Å². The van der Waals surface area contributed by atoms with E-state index in [-0.39, 0.29) is 5.91 Å². The van der Waals surface area contributed by atoms with E-state index in [4.69, 9.17) is 4.74 Å². The van der Waals surface area contributed by atoms with Crippen molar-refractivity contribution in [2.75, 3.05) is 11.9 Å². The zero-order valence-electron chi connectivity index (χ0n) is 12.7. The van der Waals surface area contributed by atoms with Crippen LogP contribution in [0.25, 0.3) is 11.3 Å². The molecule has 1 aliphatic heterocycles. The molecular formula is C17H20N2O2S. The highest BCUT2D eigenvalue weighted by Gasteiger charge is 2.14. The van der Waals surface area contributed by atoms with Crippen molar-refractivity contribution < 1.29 is 9.53 Å². The van der Waals surface area contributed by atoms with E-state index in [0.29, 0.717) is 11.6 Å². The van der Waals surface area contributed by atoms with Crippen molar-refractivity contribution in [1.29, 1.82) is 0 Å². The molecule has 0 unspecified atom stereocenters. The molecule has 4 nitrogen and oxygen atoms in total. The number of nitrogens with one attached hydrogen (secondary N) is 1. The minimum absolute atomic E-state index is 0.0525. The smallest absolute Gasteiger partial charge is 0.226 e. The Hall–Kier alpha value is -1.88. The second-order valence-corrected chi connectivity index (χ2v) is 6.32. The van der Waals surface area contributed by atoms with Crippen LogP contribution in [0.15, 0.2) is 23.6 Å². The maximum atomic E-state index is 11.8. The summed E-state index contributed by atoms with van der Waals surface area (Å²) < 4.78 is 5.52. The van der Waals surface area contributed by atoms with E-state index in [2.05, 4.69) is 23.3 Å². The summed E-state index contributed by atoms with van der Waals surface area (Å²) in [7, 11) is 0. The van der Waals surface area contributed by atoms with Crippen molar-refractivity contribution in [3.8, 4) is 17.0 Å². The van der Waals surface area contributed by atoms with E-state index >= 15 is 0 Å². The first kappa shape index (κ1) is 15.0. The first-order chi connectivity index (χ1) is 10.8. The molecular weight excluding hydrogens is 296 g/mol. The molecule has 5 heteroatoms. The summed E-state index contributed by atoms with van der Waals surface area (Å²) in [5.74, 6) is 1.03. The highest BCUT2D eigenvalue weighted by Crippen LogP contribution is 2.31. The number of hydrogen-bond donors (Lipinski definition) is 1. The minimum Gasteiger partial charge on any atom is -0.493 e. The van der Waals surface area contributed by atoms with Crippen LogP contribution < -0.4 is 10.1 Å². The number of carbonyl (C=O) groups excluding carboxylic acids is 1. The number of ether oxygens (including phenoxy) is 1. The molecule has 0 aliphatic carbocycles. The standard InChI is InChI=1S/C17H20N2O2S/c1-2-3-4-5-16(20)19-17-18-14(11-22-17)12-6-7-15-13(10-12)8-9-21-15/h6-7,10-11H,2-5,8-9H2,1H3,(H,18,19,20). The van der Waals surface area contributed by atoms with Crippen LogP contribution in [-0.4, -0.2) is 17.5 Å². The quantitative estimate of drug-likeness (QED) is 0.810. The Morgan fingerprint density at radius 1 is 1.41 bits per heavy atom. The van der Waals surface area contributed by atoms with Gasteiger partial charge in [-0.15, -0.1) is 11.3 Å². The summed E-state index contributed by atoms with van der Waals surface area (Å²) in [5, 5.41) is 5.55. The number of hydrogen-bond acceptors (Lipinski definition) is 4. The number of anilines is 1. The maximum Gasteiger partial charge on any atom is 0.226 e. The number of unbranched alkanes of at least 4 members (excludes halogenated alkanes) is 2. The lowest BCUT2D eigenvalue weighted by Gasteiger charge is -2.02. The number of benzene rings is 1. The third-order valence-electron chi connectivity index (χ3n) is 3.74. The van der Waals surface area contributed by atoms with Crippen LogP contribution in [0.2, 0.25) is 0 Å². The maximum absolute atomic E-state index is 11.8. The summed E-state index contributed by atoms with van der Waals surface area (Å²) in [6.45, 7) is 2.89. The van der Waals surface area contributed by atoms with Crippen molar-refractivity contribution in [3.05, 3.63) is 29.1 Å². The van der Waals surface area contributed by atoms with Crippen LogP contribution in [0.4, 0.5) is 5.13 Å². The number of rotatable bonds is 6. The Bertz CT molecular complexity index is 666. The molecule has 1 N–H and O–H groups in total. The molecule has 0 radical (unpaired) electrons. The molecule has 1 amide bonds. The van der Waals surface area contributed by atoms with Gasteiger partial charge in [-0.3, -0.25) is 4.79 Å². The molecule has 1 aromatic heterocycles. The van der Waals surface area contributed by atoms with E-state index in [1.165, 1.54) is 16.9 Å². The predicted octanol–water partition coefficient (Wildman–Crippen LogP) is 4.26. The molecule has 0 spiro atoms. The van der Waals surface area contributed by atoms with E-state index in [1.54, 1.807) is 0 Å². The Labute approximate surface area is 134 Å². The lowest BCUT2D eigenvalue weighted by Crippen LogP contribution is -2.10. The molecule has 3 rings (SSSR count). The van der Waals surface area contributed by atoms with Gasteiger partial charge in [0.25, 0.3) is 0 Å². The van der Waals surface area contributed by atoms with Crippen molar-refractivity contribution in [2.24, 2.45) is 0 Å². The molecule has 0 bridgehead atoms. The Morgan fingerprint density at radius 2 is 2.32 bits per heavy atom. The summed E-state index contributed by atoms with van der Waals surface area (Å²) in [6, 6.07) is 6.15. The van der Waals surface area contributed by atoms with Gasteiger partial charge >= 0.3 is 0 Å². The zero-order chi connectivity index (χ0) is 15.4. The second kappa shape index (κ2) is 6.92. The SMILES string of the molecule is CCCCCC(=O)Nc1nc(-c2ccc3c(c2)CCO3)cs1. The molecule has 0 saturated heterocycles. The molecule has 1 aromatic carbocycles. The molecule has 0 fully saturated rings. The lowest BCUT2D eigenvalue weighted by molar-refractivity contribution is -0.116. The first-order valence-corrected chi connectivity index (χ1v) is 8.65. The molecule has 0 atom stereocenters. The number of aromatic nitrogens is 1. The number of fused-ring (bicyclic) bond motifs is 1. The summed E-state index contributed by atoms with van der Waals surface area (Å²) >= 11 is 1.47. The molecule has 2 aromatic rings. The lowest BCUT2D eigenvalue weighted by atomic mass is 10.1. The fourth-order valence-electron chi connectivity index (χ4n) is 2.53. The Kier molecular flexibility index (Phi) is 4.73. The van der Waals surface area contributed by atoms with Crippen LogP contribution in [-0.2, 0) is 11.2 Å². The topological polar surface area (TPSA) is 51.2 Å². The molecule has 22 heavy (non-hydrogen) atoms. The van der Waals surface area contributed by atoms with Crippen LogP contribution in [0.3, 0.4) is 0 Å². The van der Waals surface area contributed by atoms with Crippen molar-refractivity contribution >= 4 is 22.4 Å². The van der Waals surface area contributed by atoms with Gasteiger partial charge < -0.3 is 10.1 Å². The van der Waals surface area contributed by atoms with Gasteiger partial charge in [-0.2, -0.15) is 0 Å². The molecule has 0 saturated carbocycles. The second-order valence-electron chi connectivity index (χ2n) is 5.46. The fourth-order valence-corrected chi connectivity index (χ4v) is 3.26. The summed E-state index contributed by atoms with van der Waals surface area (Å²) in [4.78, 5) is 16.3. The van der Waals surface area contributed by atoms with Crippen LogP contribution in [0, 0.1) is 0 Å². The monoisotopic (exact) mass is 316 g/mol. The van der Waals surface area contributed by atoms with Crippen LogP contribution >= 0.6 is 11.3 Å². The minimum atomic E-state index is 0.0525. The summed E-state index contributed by atoms with van der Waals surface area (Å²) in [5.41, 5.74) is 3.21. The highest BCUT2D eigenvalue weighted by molar-refractivity contribution is 7.14. The van der Waals surface area contributed by atoms with Crippen LogP contribution in [0.5, 0.6) is 5.75 Å². The largest absolute Gasteiger partial charge is 0.493 e. The average molecular weight is 316 g/mol. The fraction of sp³-hybridized carbons (Fsp3) is 0.412. The zero-order valence-corrected chi connectivity index (χ0v) is 13.5. The van der Waals surface area contributed by atoms with Gasteiger partial charge in [-0.25, -0.2) is 4.98 Å². The van der Waals surface area contributed by atoms with E-state index in [1.807, 2.05) is 17.5 Å². The number of carbonyl (C=O) groups is 1.